The number of piperazine rings is 1. The van der Waals surface area contributed by atoms with E-state index in [1.165, 1.54) is 32.3 Å². The van der Waals surface area contributed by atoms with Crippen LogP contribution >= 0.6 is 0 Å². The molecule has 1 aliphatic rings. The molecule has 0 atom stereocenters. The fourth-order valence-corrected chi connectivity index (χ4v) is 3.34. The second kappa shape index (κ2) is 10.1. The predicted molar refractivity (Wildman–Crippen MR) is 108 cm³/mol. The predicted octanol–water partition coefficient (Wildman–Crippen LogP) is 0.903. The Labute approximate surface area is 175 Å². The van der Waals surface area contributed by atoms with Gasteiger partial charge in [0.25, 0.3) is 5.91 Å². The summed E-state index contributed by atoms with van der Waals surface area (Å²) in [5, 5.41) is 14.6. The summed E-state index contributed by atoms with van der Waals surface area (Å²) in [4.78, 5) is 39.6. The largest absolute Gasteiger partial charge is 0.493 e. The molecule has 0 saturated carbocycles. The molecule has 30 heavy (non-hydrogen) atoms. The van der Waals surface area contributed by atoms with Crippen molar-refractivity contribution in [3.05, 3.63) is 21.7 Å². The summed E-state index contributed by atoms with van der Waals surface area (Å²) >= 11 is 0. The molecule has 1 aromatic carbocycles. The zero-order chi connectivity index (χ0) is 22.4. The van der Waals surface area contributed by atoms with Crippen LogP contribution in [0.15, 0.2) is 6.07 Å². The molecule has 0 radical (unpaired) electrons. The molecule has 11 nitrogen and oxygen atoms in total. The molecular formula is C19H28N4O7. The van der Waals surface area contributed by atoms with Gasteiger partial charge < -0.3 is 24.4 Å². The molecule has 166 valence electrons. The number of nitrogens with one attached hydrogen (secondary N) is 1. The molecule has 0 bridgehead atoms. The van der Waals surface area contributed by atoms with E-state index in [1.807, 2.05) is 18.7 Å². The smallest absolute Gasteiger partial charge is 0.327 e. The molecule has 11 heteroatoms. The van der Waals surface area contributed by atoms with Gasteiger partial charge in [-0.05, 0) is 13.8 Å². The number of ether oxygens (including phenoxy) is 3. The van der Waals surface area contributed by atoms with Gasteiger partial charge in [-0.2, -0.15) is 0 Å². The second-order valence-corrected chi connectivity index (χ2v) is 7.09. The normalized spacial score (nSPS) is 14.4. The third-order valence-electron chi connectivity index (χ3n) is 4.69. The van der Waals surface area contributed by atoms with E-state index in [2.05, 4.69) is 5.32 Å². The van der Waals surface area contributed by atoms with Crippen LogP contribution in [0.2, 0.25) is 0 Å². The maximum atomic E-state index is 13.1. The van der Waals surface area contributed by atoms with E-state index in [4.69, 9.17) is 14.2 Å². The zero-order valence-corrected chi connectivity index (χ0v) is 17.9. The molecule has 1 aromatic rings. The number of nitro groups is 1. The van der Waals surface area contributed by atoms with Crippen molar-refractivity contribution in [3.63, 3.8) is 0 Å². The van der Waals surface area contributed by atoms with Gasteiger partial charge in [-0.1, -0.05) is 0 Å². The topological polar surface area (TPSA) is 123 Å². The molecule has 1 saturated heterocycles. The molecule has 1 N–H and O–H groups in total. The first-order valence-corrected chi connectivity index (χ1v) is 9.51. The van der Waals surface area contributed by atoms with Gasteiger partial charge in [0.15, 0.2) is 5.75 Å². The van der Waals surface area contributed by atoms with Gasteiger partial charge in [0.2, 0.25) is 17.4 Å². The van der Waals surface area contributed by atoms with E-state index in [9.17, 15) is 19.7 Å². The number of rotatable bonds is 8. The number of nitrogens with zero attached hydrogens (tertiary/aromatic N) is 3. The monoisotopic (exact) mass is 424 g/mol. The van der Waals surface area contributed by atoms with E-state index in [1.54, 1.807) is 0 Å². The molecule has 0 aliphatic carbocycles. The average molecular weight is 424 g/mol. The van der Waals surface area contributed by atoms with Gasteiger partial charge in [0.05, 0.1) is 32.8 Å². The fourth-order valence-electron chi connectivity index (χ4n) is 3.34. The van der Waals surface area contributed by atoms with Gasteiger partial charge >= 0.3 is 5.69 Å². The van der Waals surface area contributed by atoms with Crippen LogP contribution in [-0.4, -0.2) is 86.6 Å². The first-order chi connectivity index (χ1) is 14.2. The first-order valence-electron chi connectivity index (χ1n) is 9.51. The van der Waals surface area contributed by atoms with E-state index in [0.29, 0.717) is 26.2 Å². The highest BCUT2D eigenvalue weighted by atomic mass is 16.6. The maximum absolute atomic E-state index is 13.1. The van der Waals surface area contributed by atoms with E-state index in [0.717, 1.165) is 0 Å². The molecule has 0 spiro atoms. The van der Waals surface area contributed by atoms with Crippen molar-refractivity contribution in [1.82, 2.24) is 15.1 Å². The maximum Gasteiger partial charge on any atom is 0.327 e. The van der Waals surface area contributed by atoms with Crippen molar-refractivity contribution in [1.29, 1.82) is 0 Å². The van der Waals surface area contributed by atoms with E-state index >= 15 is 0 Å². The number of amides is 2. The molecule has 1 fully saturated rings. The Bertz CT molecular complexity index is 805. The lowest BCUT2D eigenvalue weighted by molar-refractivity contribution is -0.386. The first kappa shape index (κ1) is 23.2. The molecule has 0 aromatic heterocycles. The molecule has 0 unspecified atom stereocenters. The summed E-state index contributed by atoms with van der Waals surface area (Å²) in [7, 11) is 3.97. The lowest BCUT2D eigenvalue weighted by atomic mass is 10.1. The van der Waals surface area contributed by atoms with Crippen LogP contribution in [-0.2, 0) is 4.79 Å². The van der Waals surface area contributed by atoms with Crippen LogP contribution < -0.4 is 19.5 Å². The van der Waals surface area contributed by atoms with Gasteiger partial charge in [0, 0.05) is 38.3 Å². The number of methoxy groups -OCH3 is 3. The Morgan fingerprint density at radius 1 is 1.10 bits per heavy atom. The standard InChI is InChI=1S/C19H28N4O7/c1-12(2)20-15(24)11-21-6-8-22(9-7-21)19(25)13-10-14(28-3)17(29-4)18(30-5)16(13)23(26)27/h10,12H,6-9,11H2,1-5H3,(H,20,24). The van der Waals surface area contributed by atoms with Crippen LogP contribution in [0, 0.1) is 10.1 Å². The number of carbonyl (C=O) groups excluding carboxylic acids is 2. The van der Waals surface area contributed by atoms with E-state index in [-0.39, 0.29) is 41.3 Å². The minimum atomic E-state index is -0.666. The number of carbonyl (C=O) groups is 2. The summed E-state index contributed by atoms with van der Waals surface area (Å²) in [6.07, 6.45) is 0. The van der Waals surface area contributed by atoms with Gasteiger partial charge in [0.1, 0.15) is 5.56 Å². The Morgan fingerprint density at radius 2 is 1.70 bits per heavy atom. The number of nitro benzene ring substituents is 1. The van der Waals surface area contributed by atoms with Crippen LogP contribution in [0.1, 0.15) is 24.2 Å². The SMILES string of the molecule is COc1cc(C(=O)N2CCN(CC(=O)NC(C)C)CC2)c([N+](=O)[O-])c(OC)c1OC. The molecule has 1 heterocycles. The molecular weight excluding hydrogens is 396 g/mol. The number of benzene rings is 1. The Kier molecular flexibility index (Phi) is 7.81. The van der Waals surface area contributed by atoms with Crippen molar-refractivity contribution in [2.75, 3.05) is 54.1 Å². The minimum absolute atomic E-state index is 0.0456. The lowest BCUT2D eigenvalue weighted by Gasteiger charge is -2.34. The van der Waals surface area contributed by atoms with Gasteiger partial charge in [-0.25, -0.2) is 0 Å². The summed E-state index contributed by atoms with van der Waals surface area (Å²) in [5.41, 5.74) is -0.612. The van der Waals surface area contributed by atoms with E-state index < -0.39 is 16.5 Å². The van der Waals surface area contributed by atoms with Gasteiger partial charge in [-0.3, -0.25) is 24.6 Å². The Morgan fingerprint density at radius 3 is 2.17 bits per heavy atom. The molecule has 1 aliphatic heterocycles. The molecule has 2 amide bonds. The summed E-state index contributed by atoms with van der Waals surface area (Å²) in [6, 6.07) is 1.35. The lowest BCUT2D eigenvalue weighted by Crippen LogP contribution is -2.51. The van der Waals surface area contributed by atoms with Crippen LogP contribution in [0.25, 0.3) is 0 Å². The molecule has 2 rings (SSSR count). The van der Waals surface area contributed by atoms with Crippen LogP contribution in [0.4, 0.5) is 5.69 Å². The highest BCUT2D eigenvalue weighted by molar-refractivity contribution is 6.00. The minimum Gasteiger partial charge on any atom is -0.493 e. The summed E-state index contributed by atoms with van der Waals surface area (Å²) in [6.45, 7) is 5.65. The summed E-state index contributed by atoms with van der Waals surface area (Å²) in [5.74, 6) is -0.553. The van der Waals surface area contributed by atoms with Crippen molar-refractivity contribution in [2.24, 2.45) is 0 Å². The summed E-state index contributed by atoms with van der Waals surface area (Å²) < 4.78 is 15.6. The fraction of sp³-hybridized carbons (Fsp3) is 0.579. The third-order valence-corrected chi connectivity index (χ3v) is 4.69. The Hall–Kier alpha value is -3.08. The van der Waals surface area contributed by atoms with Gasteiger partial charge in [-0.15, -0.1) is 0 Å². The highest BCUT2D eigenvalue weighted by Gasteiger charge is 2.35. The van der Waals surface area contributed by atoms with Crippen molar-refractivity contribution >= 4 is 17.5 Å². The van der Waals surface area contributed by atoms with Crippen molar-refractivity contribution < 1.29 is 28.7 Å². The number of hydrogen-bond donors (Lipinski definition) is 1. The average Bonchev–Trinajstić information content (AvgIpc) is 2.71. The number of hydrogen-bond acceptors (Lipinski definition) is 8. The Balaban J connectivity index is 2.23. The second-order valence-electron chi connectivity index (χ2n) is 7.09. The third kappa shape index (κ3) is 5.09. The zero-order valence-electron chi connectivity index (χ0n) is 17.9. The van der Waals surface area contributed by atoms with Crippen molar-refractivity contribution in [2.45, 2.75) is 19.9 Å². The van der Waals surface area contributed by atoms with Crippen molar-refractivity contribution in [3.8, 4) is 17.2 Å². The van der Waals surface area contributed by atoms with Crippen LogP contribution in [0.5, 0.6) is 17.2 Å². The highest BCUT2D eigenvalue weighted by Crippen LogP contribution is 2.46. The quantitative estimate of drug-likeness (QED) is 0.482. The van der Waals surface area contributed by atoms with Crippen LogP contribution in [0.3, 0.4) is 0 Å².